The lowest BCUT2D eigenvalue weighted by atomic mass is 10.2. The van der Waals surface area contributed by atoms with Crippen LogP contribution in [0.2, 0.25) is 0 Å². The van der Waals surface area contributed by atoms with Crippen LogP contribution in [-0.2, 0) is 13.2 Å². The molecule has 0 saturated carbocycles. The zero-order chi connectivity index (χ0) is 17.6. The number of aliphatic hydroxyl groups excluding tert-OH is 1. The molecular formula is C20H22N2O3. The normalized spacial score (nSPS) is 10.5. The average Bonchev–Trinajstić information content (AvgIpc) is 3.09. The number of hydrogen-bond acceptors (Lipinski definition) is 4. The second kappa shape index (κ2) is 7.77. The highest BCUT2D eigenvalue weighted by atomic mass is 16.5. The first-order valence-electron chi connectivity index (χ1n) is 8.08. The minimum Gasteiger partial charge on any atom is -0.497 e. The number of anilines is 1. The molecule has 3 rings (SSSR count). The van der Waals surface area contributed by atoms with Gasteiger partial charge in [0.2, 0.25) is 0 Å². The van der Waals surface area contributed by atoms with Crippen LogP contribution in [0.15, 0.2) is 60.7 Å². The Kier molecular flexibility index (Phi) is 5.26. The summed E-state index contributed by atoms with van der Waals surface area (Å²) < 4.78 is 12.6. The van der Waals surface area contributed by atoms with E-state index in [2.05, 4.69) is 5.32 Å². The topological polar surface area (TPSA) is 55.7 Å². The number of methoxy groups -OCH3 is 2. The lowest BCUT2D eigenvalue weighted by Crippen LogP contribution is -2.09. The van der Waals surface area contributed by atoms with E-state index in [1.165, 1.54) is 0 Å². The highest BCUT2D eigenvalue weighted by Gasteiger charge is 2.11. The maximum Gasteiger partial charge on any atom is 0.141 e. The van der Waals surface area contributed by atoms with Crippen LogP contribution in [0.25, 0.3) is 5.69 Å². The molecule has 0 amide bonds. The molecule has 1 heterocycles. The summed E-state index contributed by atoms with van der Waals surface area (Å²) in [6, 6.07) is 19.5. The van der Waals surface area contributed by atoms with Crippen LogP contribution >= 0.6 is 0 Å². The molecule has 3 aromatic rings. The largest absolute Gasteiger partial charge is 0.497 e. The van der Waals surface area contributed by atoms with Crippen molar-refractivity contribution in [1.29, 1.82) is 0 Å². The number of ether oxygens (including phenoxy) is 2. The van der Waals surface area contributed by atoms with Crippen molar-refractivity contribution in [2.75, 3.05) is 19.5 Å². The van der Waals surface area contributed by atoms with Crippen LogP contribution in [0.1, 0.15) is 11.4 Å². The van der Waals surface area contributed by atoms with E-state index in [9.17, 15) is 5.11 Å². The molecule has 130 valence electrons. The highest BCUT2D eigenvalue weighted by Crippen LogP contribution is 2.25. The number of para-hydroxylation sites is 2. The molecule has 25 heavy (non-hydrogen) atoms. The van der Waals surface area contributed by atoms with Crippen LogP contribution in [0.4, 0.5) is 5.69 Å². The minimum atomic E-state index is -0.0271. The Hall–Kier alpha value is -2.92. The molecule has 0 aliphatic carbocycles. The predicted molar refractivity (Wildman–Crippen MR) is 98.6 cm³/mol. The third-order valence-corrected chi connectivity index (χ3v) is 4.10. The fraction of sp³-hybridized carbons (Fsp3) is 0.200. The van der Waals surface area contributed by atoms with Crippen molar-refractivity contribution in [2.45, 2.75) is 13.2 Å². The molecule has 5 nitrogen and oxygen atoms in total. The van der Waals surface area contributed by atoms with Gasteiger partial charge in [0.25, 0.3) is 0 Å². The van der Waals surface area contributed by atoms with E-state index in [1.807, 2.05) is 65.2 Å². The summed E-state index contributed by atoms with van der Waals surface area (Å²) in [6.07, 6.45) is 0. The molecule has 0 fully saturated rings. The number of benzene rings is 2. The molecule has 0 atom stereocenters. The van der Waals surface area contributed by atoms with Crippen LogP contribution in [0.3, 0.4) is 0 Å². The zero-order valence-electron chi connectivity index (χ0n) is 14.4. The van der Waals surface area contributed by atoms with Crippen molar-refractivity contribution in [3.05, 3.63) is 72.1 Å². The van der Waals surface area contributed by atoms with E-state index in [0.29, 0.717) is 6.54 Å². The number of rotatable bonds is 7. The summed E-state index contributed by atoms with van der Waals surface area (Å²) in [6.45, 7) is 0.576. The van der Waals surface area contributed by atoms with Crippen LogP contribution < -0.4 is 14.8 Å². The first kappa shape index (κ1) is 16.9. The van der Waals surface area contributed by atoms with Gasteiger partial charge < -0.3 is 24.5 Å². The monoisotopic (exact) mass is 338 g/mol. The van der Waals surface area contributed by atoms with Crippen molar-refractivity contribution in [1.82, 2.24) is 4.57 Å². The van der Waals surface area contributed by atoms with Gasteiger partial charge in [-0.3, -0.25) is 0 Å². The van der Waals surface area contributed by atoms with Gasteiger partial charge in [0.05, 0.1) is 33.1 Å². The zero-order valence-corrected chi connectivity index (χ0v) is 14.4. The maximum absolute atomic E-state index is 9.68. The first-order valence-corrected chi connectivity index (χ1v) is 8.08. The fourth-order valence-electron chi connectivity index (χ4n) is 2.83. The molecule has 0 aliphatic rings. The van der Waals surface area contributed by atoms with Crippen molar-refractivity contribution < 1.29 is 14.6 Å². The Balaban J connectivity index is 1.88. The minimum absolute atomic E-state index is 0.0271. The van der Waals surface area contributed by atoms with Gasteiger partial charge in [0.1, 0.15) is 11.5 Å². The summed E-state index contributed by atoms with van der Waals surface area (Å²) in [5, 5.41) is 13.1. The molecule has 0 aliphatic heterocycles. The van der Waals surface area contributed by atoms with E-state index >= 15 is 0 Å². The van der Waals surface area contributed by atoms with Crippen molar-refractivity contribution >= 4 is 5.69 Å². The van der Waals surface area contributed by atoms with E-state index in [0.717, 1.165) is 34.3 Å². The second-order valence-corrected chi connectivity index (χ2v) is 5.56. The van der Waals surface area contributed by atoms with Crippen molar-refractivity contribution in [2.24, 2.45) is 0 Å². The van der Waals surface area contributed by atoms with E-state index in [-0.39, 0.29) is 6.61 Å². The predicted octanol–water partition coefficient (Wildman–Crippen LogP) is 3.60. The summed E-state index contributed by atoms with van der Waals surface area (Å²) >= 11 is 0. The van der Waals surface area contributed by atoms with Crippen LogP contribution in [-0.4, -0.2) is 23.9 Å². The summed E-state index contributed by atoms with van der Waals surface area (Å²) in [7, 11) is 3.30. The quantitative estimate of drug-likeness (QED) is 0.691. The van der Waals surface area contributed by atoms with Gasteiger partial charge in [0, 0.05) is 17.1 Å². The molecule has 2 aromatic carbocycles. The van der Waals surface area contributed by atoms with Gasteiger partial charge in [-0.15, -0.1) is 0 Å². The molecule has 0 radical (unpaired) electrons. The summed E-state index contributed by atoms with van der Waals surface area (Å²) in [5.74, 6) is 1.60. The summed E-state index contributed by atoms with van der Waals surface area (Å²) in [5.41, 5.74) is 3.78. The molecule has 0 bridgehead atoms. The van der Waals surface area contributed by atoms with Gasteiger partial charge in [0.15, 0.2) is 0 Å². The van der Waals surface area contributed by atoms with Gasteiger partial charge in [-0.05, 0) is 48.5 Å². The number of nitrogens with zero attached hydrogens (tertiary/aromatic N) is 1. The maximum atomic E-state index is 9.68. The standard InChI is InChI=1S/C20H22N2O3/c1-24-18-11-9-15(10-12-18)22-16(7-8-17(22)14-23)13-21-19-5-3-4-6-20(19)25-2/h3-12,21,23H,13-14H2,1-2H3. The molecule has 5 heteroatoms. The molecule has 0 unspecified atom stereocenters. The molecule has 0 spiro atoms. The van der Waals surface area contributed by atoms with Crippen LogP contribution in [0, 0.1) is 0 Å². The number of nitrogens with one attached hydrogen (secondary N) is 1. The molecular weight excluding hydrogens is 316 g/mol. The Morgan fingerprint density at radius 1 is 0.880 bits per heavy atom. The van der Waals surface area contributed by atoms with Crippen LogP contribution in [0.5, 0.6) is 11.5 Å². The highest BCUT2D eigenvalue weighted by molar-refractivity contribution is 5.56. The average molecular weight is 338 g/mol. The molecule has 1 aromatic heterocycles. The number of aliphatic hydroxyl groups is 1. The summed E-state index contributed by atoms with van der Waals surface area (Å²) in [4.78, 5) is 0. The van der Waals surface area contributed by atoms with Crippen molar-refractivity contribution in [3.8, 4) is 17.2 Å². The SMILES string of the molecule is COc1ccc(-n2c(CO)ccc2CNc2ccccc2OC)cc1. The van der Waals surface area contributed by atoms with Gasteiger partial charge in [-0.25, -0.2) is 0 Å². The van der Waals surface area contributed by atoms with Crippen molar-refractivity contribution in [3.63, 3.8) is 0 Å². The van der Waals surface area contributed by atoms with E-state index in [1.54, 1.807) is 14.2 Å². The van der Waals surface area contributed by atoms with Gasteiger partial charge in [-0.1, -0.05) is 12.1 Å². The van der Waals surface area contributed by atoms with Gasteiger partial charge in [-0.2, -0.15) is 0 Å². The molecule has 2 N–H and O–H groups in total. The Morgan fingerprint density at radius 2 is 1.60 bits per heavy atom. The Labute approximate surface area is 147 Å². The Bertz CT molecular complexity index is 825. The third-order valence-electron chi connectivity index (χ3n) is 4.10. The lowest BCUT2D eigenvalue weighted by Gasteiger charge is -2.15. The van der Waals surface area contributed by atoms with E-state index < -0.39 is 0 Å². The lowest BCUT2D eigenvalue weighted by molar-refractivity contribution is 0.274. The van der Waals surface area contributed by atoms with Gasteiger partial charge >= 0.3 is 0 Å². The smallest absolute Gasteiger partial charge is 0.141 e. The molecule has 0 saturated heterocycles. The van der Waals surface area contributed by atoms with E-state index in [4.69, 9.17) is 9.47 Å². The second-order valence-electron chi connectivity index (χ2n) is 5.56. The Morgan fingerprint density at radius 3 is 2.28 bits per heavy atom. The number of aromatic nitrogens is 1. The fourth-order valence-corrected chi connectivity index (χ4v) is 2.83. The third kappa shape index (κ3) is 3.61. The number of hydrogen-bond donors (Lipinski definition) is 2. The first-order chi connectivity index (χ1) is 12.3.